The van der Waals surface area contributed by atoms with Crippen LogP contribution in [0.2, 0.25) is 0 Å². The highest BCUT2D eigenvalue weighted by Crippen LogP contribution is 2.15. The lowest BCUT2D eigenvalue weighted by atomic mass is 10.1. The van der Waals surface area contributed by atoms with Crippen LogP contribution in [0.25, 0.3) is 11.0 Å². The minimum absolute atomic E-state index is 0.111. The van der Waals surface area contributed by atoms with E-state index >= 15 is 0 Å². The molecule has 2 aliphatic heterocycles. The lowest BCUT2D eigenvalue weighted by Crippen LogP contribution is -2.51. The standard InChI is InChI=1S/C23H31N5O4/c1-2-28-19-8-7-17(15-18(19)24-21(30)23(28)32)22(31)27-13-11-25(12-14-27)16-20(29)26-9-5-3-4-6-10-26/h7-8,15H,2-6,9-14,16H2,1H3,(H,24,30). The van der Waals surface area contributed by atoms with E-state index in [2.05, 4.69) is 9.88 Å². The molecule has 32 heavy (non-hydrogen) atoms. The number of carbonyl (C=O) groups excluding carboxylic acids is 2. The first kappa shape index (κ1) is 22.3. The Morgan fingerprint density at radius 2 is 1.59 bits per heavy atom. The summed E-state index contributed by atoms with van der Waals surface area (Å²) in [7, 11) is 0. The van der Waals surface area contributed by atoms with Crippen molar-refractivity contribution in [1.82, 2.24) is 24.3 Å². The number of rotatable bonds is 4. The van der Waals surface area contributed by atoms with Gasteiger partial charge in [-0.05, 0) is 38.0 Å². The third kappa shape index (κ3) is 4.62. The molecule has 172 valence electrons. The second kappa shape index (κ2) is 9.68. The fourth-order valence-corrected chi connectivity index (χ4v) is 4.63. The van der Waals surface area contributed by atoms with Crippen LogP contribution in [0.15, 0.2) is 27.8 Å². The number of hydrogen-bond acceptors (Lipinski definition) is 5. The highest BCUT2D eigenvalue weighted by Gasteiger charge is 2.25. The number of aromatic amines is 1. The van der Waals surface area contributed by atoms with Gasteiger partial charge in [0, 0.05) is 51.4 Å². The van der Waals surface area contributed by atoms with Crippen LogP contribution in [0.3, 0.4) is 0 Å². The molecule has 2 amide bonds. The van der Waals surface area contributed by atoms with Gasteiger partial charge in [0.05, 0.1) is 17.6 Å². The first-order valence-electron chi connectivity index (χ1n) is 11.5. The molecule has 3 heterocycles. The van der Waals surface area contributed by atoms with Gasteiger partial charge in [-0.25, -0.2) is 0 Å². The number of carbonyl (C=O) groups is 2. The second-order valence-electron chi connectivity index (χ2n) is 8.60. The number of aryl methyl sites for hydroxylation is 1. The summed E-state index contributed by atoms with van der Waals surface area (Å²) in [5.74, 6) is 0.0765. The maximum Gasteiger partial charge on any atom is 0.316 e. The van der Waals surface area contributed by atoms with Crippen molar-refractivity contribution in [2.45, 2.75) is 39.2 Å². The molecule has 1 aromatic heterocycles. The van der Waals surface area contributed by atoms with Crippen LogP contribution in [-0.4, -0.2) is 81.9 Å². The van der Waals surface area contributed by atoms with Crippen LogP contribution in [0.1, 0.15) is 43.0 Å². The van der Waals surface area contributed by atoms with Crippen LogP contribution < -0.4 is 11.1 Å². The van der Waals surface area contributed by atoms with Crippen molar-refractivity contribution in [2.24, 2.45) is 0 Å². The van der Waals surface area contributed by atoms with Crippen molar-refractivity contribution < 1.29 is 9.59 Å². The molecule has 0 radical (unpaired) electrons. The molecule has 9 nitrogen and oxygen atoms in total. The molecular weight excluding hydrogens is 410 g/mol. The van der Waals surface area contributed by atoms with Crippen LogP contribution >= 0.6 is 0 Å². The third-order valence-electron chi connectivity index (χ3n) is 6.52. The zero-order valence-electron chi connectivity index (χ0n) is 18.6. The molecule has 0 spiro atoms. The molecule has 0 aliphatic carbocycles. The van der Waals surface area contributed by atoms with Gasteiger partial charge in [0.2, 0.25) is 5.91 Å². The van der Waals surface area contributed by atoms with Crippen LogP contribution in [0, 0.1) is 0 Å². The molecule has 2 saturated heterocycles. The maximum atomic E-state index is 13.0. The van der Waals surface area contributed by atoms with E-state index in [1.165, 1.54) is 17.4 Å². The number of nitrogens with one attached hydrogen (secondary N) is 1. The number of piperazine rings is 1. The topological polar surface area (TPSA) is 98.7 Å². The van der Waals surface area contributed by atoms with E-state index in [0.717, 1.165) is 25.9 Å². The molecule has 0 saturated carbocycles. The van der Waals surface area contributed by atoms with Crippen LogP contribution in [0.5, 0.6) is 0 Å². The zero-order valence-corrected chi connectivity index (χ0v) is 18.6. The lowest BCUT2D eigenvalue weighted by Gasteiger charge is -2.35. The summed E-state index contributed by atoms with van der Waals surface area (Å²) in [6.07, 6.45) is 4.56. The van der Waals surface area contributed by atoms with E-state index in [1.807, 2.05) is 4.90 Å². The van der Waals surface area contributed by atoms with Gasteiger partial charge in [0.25, 0.3) is 5.91 Å². The van der Waals surface area contributed by atoms with Gasteiger partial charge in [-0.15, -0.1) is 0 Å². The lowest BCUT2D eigenvalue weighted by molar-refractivity contribution is -0.132. The molecule has 0 unspecified atom stereocenters. The van der Waals surface area contributed by atoms with E-state index in [4.69, 9.17) is 0 Å². The Labute approximate surface area is 186 Å². The molecule has 2 aliphatic rings. The Kier molecular flexibility index (Phi) is 6.74. The van der Waals surface area contributed by atoms with Gasteiger partial charge in [-0.2, -0.15) is 0 Å². The Hall–Kier alpha value is -2.94. The van der Waals surface area contributed by atoms with Gasteiger partial charge < -0.3 is 19.4 Å². The Bertz CT molecular complexity index is 1110. The third-order valence-corrected chi connectivity index (χ3v) is 6.52. The van der Waals surface area contributed by atoms with E-state index < -0.39 is 11.1 Å². The summed E-state index contributed by atoms with van der Waals surface area (Å²) < 4.78 is 1.41. The number of aromatic nitrogens is 2. The van der Waals surface area contributed by atoms with Crippen molar-refractivity contribution in [2.75, 3.05) is 45.8 Å². The summed E-state index contributed by atoms with van der Waals surface area (Å²) in [5.41, 5.74) is 0.273. The molecule has 2 fully saturated rings. The molecule has 1 aromatic carbocycles. The van der Waals surface area contributed by atoms with Gasteiger partial charge in [0.1, 0.15) is 0 Å². The Morgan fingerprint density at radius 3 is 2.25 bits per heavy atom. The summed E-state index contributed by atoms with van der Waals surface area (Å²) in [6, 6.07) is 5.04. The Balaban J connectivity index is 1.39. The summed E-state index contributed by atoms with van der Waals surface area (Å²) in [6.45, 7) is 6.72. The monoisotopic (exact) mass is 441 g/mol. The summed E-state index contributed by atoms with van der Waals surface area (Å²) in [5, 5.41) is 0. The normalized spacial score (nSPS) is 18.0. The average molecular weight is 442 g/mol. The molecule has 2 aromatic rings. The first-order chi connectivity index (χ1) is 15.5. The summed E-state index contributed by atoms with van der Waals surface area (Å²) >= 11 is 0. The SMILES string of the molecule is CCn1c(=O)c(=O)[nH]c2cc(C(=O)N3CCN(CC(=O)N4CCCCCC4)CC3)ccc21. The van der Waals surface area contributed by atoms with Crippen molar-refractivity contribution >= 4 is 22.8 Å². The fourth-order valence-electron chi connectivity index (χ4n) is 4.63. The maximum absolute atomic E-state index is 13.0. The number of hydrogen-bond donors (Lipinski definition) is 1. The number of fused-ring (bicyclic) bond motifs is 1. The predicted molar refractivity (Wildman–Crippen MR) is 122 cm³/mol. The smallest absolute Gasteiger partial charge is 0.316 e. The molecule has 0 atom stereocenters. The number of nitrogens with zero attached hydrogens (tertiary/aromatic N) is 4. The molecule has 0 bridgehead atoms. The molecular formula is C23H31N5O4. The largest absolute Gasteiger partial charge is 0.342 e. The Morgan fingerprint density at radius 1 is 0.906 bits per heavy atom. The fraction of sp³-hybridized carbons (Fsp3) is 0.565. The number of likely N-dealkylation sites (tertiary alicyclic amines) is 1. The zero-order chi connectivity index (χ0) is 22.7. The van der Waals surface area contributed by atoms with E-state index in [1.54, 1.807) is 30.0 Å². The summed E-state index contributed by atoms with van der Waals surface area (Å²) in [4.78, 5) is 58.1. The van der Waals surface area contributed by atoms with Gasteiger partial charge >= 0.3 is 11.1 Å². The number of H-pyrrole nitrogens is 1. The average Bonchev–Trinajstić information content (AvgIpc) is 3.09. The molecule has 9 heteroatoms. The van der Waals surface area contributed by atoms with Crippen LogP contribution in [-0.2, 0) is 11.3 Å². The van der Waals surface area contributed by atoms with Crippen LogP contribution in [0.4, 0.5) is 0 Å². The highest BCUT2D eigenvalue weighted by molar-refractivity contribution is 5.97. The highest BCUT2D eigenvalue weighted by atomic mass is 16.2. The van der Waals surface area contributed by atoms with E-state index in [9.17, 15) is 19.2 Å². The quantitative estimate of drug-likeness (QED) is 0.710. The molecule has 4 rings (SSSR count). The van der Waals surface area contributed by atoms with E-state index in [0.29, 0.717) is 55.9 Å². The molecule has 1 N–H and O–H groups in total. The van der Waals surface area contributed by atoms with Crippen molar-refractivity contribution in [1.29, 1.82) is 0 Å². The van der Waals surface area contributed by atoms with Crippen molar-refractivity contribution in [3.8, 4) is 0 Å². The van der Waals surface area contributed by atoms with Crippen molar-refractivity contribution in [3.05, 3.63) is 44.5 Å². The minimum atomic E-state index is -0.688. The number of benzene rings is 1. The minimum Gasteiger partial charge on any atom is -0.342 e. The predicted octanol–water partition coefficient (Wildman–Crippen LogP) is 0.870. The van der Waals surface area contributed by atoms with Gasteiger partial charge in [-0.1, -0.05) is 12.8 Å². The van der Waals surface area contributed by atoms with E-state index in [-0.39, 0.29) is 11.8 Å². The van der Waals surface area contributed by atoms with Gasteiger partial charge in [0.15, 0.2) is 0 Å². The first-order valence-corrected chi connectivity index (χ1v) is 11.5. The van der Waals surface area contributed by atoms with Crippen molar-refractivity contribution in [3.63, 3.8) is 0 Å². The van der Waals surface area contributed by atoms with Gasteiger partial charge in [-0.3, -0.25) is 24.1 Å². The number of amides is 2. The second-order valence-corrected chi connectivity index (χ2v) is 8.60.